The topological polar surface area (TPSA) is 58.4 Å². The van der Waals surface area contributed by atoms with Crippen molar-refractivity contribution in [2.75, 3.05) is 19.4 Å². The van der Waals surface area contributed by atoms with Gasteiger partial charge < -0.3 is 5.32 Å². The summed E-state index contributed by atoms with van der Waals surface area (Å²) in [6, 6.07) is 7.00. The standard InChI is InChI=1S/C14H17N3O2S/c1-15-14-4-3-13(17(18)19)7-12(14)9-16(2)8-11-5-6-20-10-11/h3-7,10,15H,8-9H2,1-2H3. The van der Waals surface area contributed by atoms with Gasteiger partial charge in [0.15, 0.2) is 0 Å². The van der Waals surface area contributed by atoms with Crippen molar-refractivity contribution in [2.24, 2.45) is 0 Å². The maximum absolute atomic E-state index is 10.9. The zero-order valence-electron chi connectivity index (χ0n) is 11.5. The van der Waals surface area contributed by atoms with Crippen LogP contribution in [0.1, 0.15) is 11.1 Å². The van der Waals surface area contributed by atoms with E-state index in [9.17, 15) is 10.1 Å². The summed E-state index contributed by atoms with van der Waals surface area (Å²) in [5, 5.41) is 18.1. The molecule has 0 radical (unpaired) electrons. The van der Waals surface area contributed by atoms with Crippen molar-refractivity contribution in [3.8, 4) is 0 Å². The van der Waals surface area contributed by atoms with Crippen LogP contribution in [0.15, 0.2) is 35.0 Å². The van der Waals surface area contributed by atoms with E-state index in [1.54, 1.807) is 23.5 Å². The van der Waals surface area contributed by atoms with Gasteiger partial charge in [0, 0.05) is 38.0 Å². The second kappa shape index (κ2) is 6.49. The fourth-order valence-corrected chi connectivity index (χ4v) is 2.77. The minimum Gasteiger partial charge on any atom is -0.388 e. The Bertz CT molecular complexity index is 584. The van der Waals surface area contributed by atoms with Crippen molar-refractivity contribution in [3.63, 3.8) is 0 Å². The van der Waals surface area contributed by atoms with Gasteiger partial charge in [-0.15, -0.1) is 0 Å². The molecule has 1 aromatic carbocycles. The molecule has 2 aromatic rings. The average molecular weight is 291 g/mol. The minimum absolute atomic E-state index is 0.128. The van der Waals surface area contributed by atoms with Gasteiger partial charge in [-0.05, 0) is 41.1 Å². The number of nitro groups is 1. The molecule has 6 heteroatoms. The molecule has 0 atom stereocenters. The van der Waals surface area contributed by atoms with Gasteiger partial charge >= 0.3 is 0 Å². The Balaban J connectivity index is 2.14. The summed E-state index contributed by atoms with van der Waals surface area (Å²) in [5.41, 5.74) is 3.24. The first-order valence-corrected chi connectivity index (χ1v) is 7.19. The number of rotatable bonds is 6. The zero-order valence-corrected chi connectivity index (χ0v) is 12.3. The van der Waals surface area contributed by atoms with Gasteiger partial charge in [0.2, 0.25) is 0 Å². The van der Waals surface area contributed by atoms with Crippen LogP contribution in [0.4, 0.5) is 11.4 Å². The fraction of sp³-hybridized carbons (Fsp3) is 0.286. The van der Waals surface area contributed by atoms with Gasteiger partial charge in [0.1, 0.15) is 0 Å². The van der Waals surface area contributed by atoms with E-state index < -0.39 is 0 Å². The lowest BCUT2D eigenvalue weighted by molar-refractivity contribution is -0.384. The van der Waals surface area contributed by atoms with Gasteiger partial charge in [-0.2, -0.15) is 11.3 Å². The van der Waals surface area contributed by atoms with E-state index in [4.69, 9.17) is 0 Å². The van der Waals surface area contributed by atoms with Gasteiger partial charge in [0.25, 0.3) is 5.69 Å². The summed E-state index contributed by atoms with van der Waals surface area (Å²) >= 11 is 1.67. The molecular formula is C14H17N3O2S. The Hall–Kier alpha value is -1.92. The van der Waals surface area contributed by atoms with Gasteiger partial charge in [0.05, 0.1) is 4.92 Å². The van der Waals surface area contributed by atoms with Crippen LogP contribution < -0.4 is 5.32 Å². The van der Waals surface area contributed by atoms with Crippen molar-refractivity contribution in [1.82, 2.24) is 4.90 Å². The number of thiophene rings is 1. The highest BCUT2D eigenvalue weighted by atomic mass is 32.1. The molecule has 1 heterocycles. The molecule has 0 saturated heterocycles. The predicted octanol–water partition coefficient (Wildman–Crippen LogP) is 3.33. The van der Waals surface area contributed by atoms with Crippen molar-refractivity contribution in [3.05, 3.63) is 56.3 Å². The number of nitrogens with zero attached hydrogens (tertiary/aromatic N) is 2. The number of benzene rings is 1. The van der Waals surface area contributed by atoms with Crippen molar-refractivity contribution >= 4 is 22.7 Å². The van der Waals surface area contributed by atoms with Crippen LogP contribution in [0.25, 0.3) is 0 Å². The first-order valence-electron chi connectivity index (χ1n) is 6.25. The second-order valence-corrected chi connectivity index (χ2v) is 5.43. The Morgan fingerprint density at radius 3 is 2.75 bits per heavy atom. The van der Waals surface area contributed by atoms with Crippen LogP contribution in [0, 0.1) is 10.1 Å². The molecule has 0 unspecified atom stereocenters. The number of nitro benzene ring substituents is 1. The van der Waals surface area contributed by atoms with E-state index in [1.807, 2.05) is 14.1 Å². The second-order valence-electron chi connectivity index (χ2n) is 4.65. The fourth-order valence-electron chi connectivity index (χ4n) is 2.11. The lowest BCUT2D eigenvalue weighted by Gasteiger charge is -2.18. The van der Waals surface area contributed by atoms with Gasteiger partial charge in [-0.1, -0.05) is 0 Å². The first kappa shape index (κ1) is 14.5. The summed E-state index contributed by atoms with van der Waals surface area (Å²) in [7, 11) is 3.83. The Kier molecular flexibility index (Phi) is 4.70. The molecule has 106 valence electrons. The summed E-state index contributed by atoms with van der Waals surface area (Å²) in [6.45, 7) is 1.49. The van der Waals surface area contributed by atoms with Gasteiger partial charge in [-0.3, -0.25) is 15.0 Å². The highest BCUT2D eigenvalue weighted by molar-refractivity contribution is 7.07. The molecule has 0 spiro atoms. The summed E-state index contributed by atoms with van der Waals surface area (Å²) in [5.74, 6) is 0. The molecule has 0 aliphatic carbocycles. The lowest BCUT2D eigenvalue weighted by Crippen LogP contribution is -2.17. The number of hydrogen-bond donors (Lipinski definition) is 1. The van der Waals surface area contributed by atoms with Crippen LogP contribution >= 0.6 is 11.3 Å². The summed E-state index contributed by atoms with van der Waals surface area (Å²) < 4.78 is 0. The smallest absolute Gasteiger partial charge is 0.269 e. The third kappa shape index (κ3) is 3.55. The Labute approximate surface area is 122 Å². The lowest BCUT2D eigenvalue weighted by atomic mass is 10.1. The third-order valence-electron chi connectivity index (χ3n) is 3.04. The minimum atomic E-state index is -0.359. The highest BCUT2D eigenvalue weighted by Crippen LogP contribution is 2.23. The largest absolute Gasteiger partial charge is 0.388 e. The Morgan fingerprint density at radius 1 is 1.35 bits per heavy atom. The average Bonchev–Trinajstić information content (AvgIpc) is 2.91. The molecule has 0 saturated carbocycles. The molecule has 0 aliphatic heterocycles. The van der Waals surface area contributed by atoms with E-state index in [0.717, 1.165) is 17.8 Å². The van der Waals surface area contributed by atoms with Gasteiger partial charge in [-0.25, -0.2) is 0 Å². The van der Waals surface area contributed by atoms with Crippen LogP contribution in [0.2, 0.25) is 0 Å². The maximum atomic E-state index is 10.9. The molecule has 1 N–H and O–H groups in total. The maximum Gasteiger partial charge on any atom is 0.269 e. The van der Waals surface area contributed by atoms with Crippen LogP contribution in [-0.4, -0.2) is 23.9 Å². The summed E-state index contributed by atoms with van der Waals surface area (Å²) in [4.78, 5) is 12.6. The molecule has 2 rings (SSSR count). The van der Waals surface area contributed by atoms with E-state index in [1.165, 1.54) is 11.6 Å². The zero-order chi connectivity index (χ0) is 14.5. The molecule has 0 fully saturated rings. The van der Waals surface area contributed by atoms with E-state index >= 15 is 0 Å². The van der Waals surface area contributed by atoms with Crippen LogP contribution in [0.5, 0.6) is 0 Å². The van der Waals surface area contributed by atoms with Crippen molar-refractivity contribution in [2.45, 2.75) is 13.1 Å². The molecule has 5 nitrogen and oxygen atoms in total. The number of hydrogen-bond acceptors (Lipinski definition) is 5. The monoisotopic (exact) mass is 291 g/mol. The number of non-ortho nitro benzene ring substituents is 1. The van der Waals surface area contributed by atoms with E-state index in [2.05, 4.69) is 27.0 Å². The Morgan fingerprint density at radius 2 is 2.15 bits per heavy atom. The number of nitrogens with one attached hydrogen (secondary N) is 1. The van der Waals surface area contributed by atoms with E-state index in [0.29, 0.717) is 6.54 Å². The SMILES string of the molecule is CNc1ccc([N+](=O)[O-])cc1CN(C)Cc1ccsc1. The molecule has 20 heavy (non-hydrogen) atoms. The first-order chi connectivity index (χ1) is 9.60. The number of anilines is 1. The van der Waals surface area contributed by atoms with Crippen molar-refractivity contribution in [1.29, 1.82) is 0 Å². The van der Waals surface area contributed by atoms with Crippen molar-refractivity contribution < 1.29 is 4.92 Å². The normalized spacial score (nSPS) is 10.8. The third-order valence-corrected chi connectivity index (χ3v) is 3.77. The van der Waals surface area contributed by atoms with E-state index in [-0.39, 0.29) is 10.6 Å². The quantitative estimate of drug-likeness (QED) is 0.655. The highest BCUT2D eigenvalue weighted by Gasteiger charge is 2.12. The summed E-state index contributed by atoms with van der Waals surface area (Å²) in [6.07, 6.45) is 0. The van der Waals surface area contributed by atoms with Crippen LogP contribution in [0.3, 0.4) is 0 Å². The van der Waals surface area contributed by atoms with Crippen LogP contribution in [-0.2, 0) is 13.1 Å². The molecule has 1 aromatic heterocycles. The molecule has 0 aliphatic rings. The molecule has 0 amide bonds. The molecular weight excluding hydrogens is 274 g/mol. The molecule has 0 bridgehead atoms. The predicted molar refractivity (Wildman–Crippen MR) is 82.1 cm³/mol.